The lowest BCUT2D eigenvalue weighted by Crippen LogP contribution is -2.53. The van der Waals surface area contributed by atoms with Crippen molar-refractivity contribution < 1.29 is 14.1 Å². The van der Waals surface area contributed by atoms with Crippen molar-refractivity contribution in [1.29, 1.82) is 0 Å². The Labute approximate surface area is 247 Å². The Morgan fingerprint density at radius 2 is 1.98 bits per heavy atom. The third-order valence-electron chi connectivity index (χ3n) is 7.83. The van der Waals surface area contributed by atoms with Gasteiger partial charge in [0.25, 0.3) is 0 Å². The van der Waals surface area contributed by atoms with E-state index in [9.17, 15) is 4.79 Å². The largest absolute Gasteiger partial charge is 0.476 e. The molecule has 3 N–H and O–H groups in total. The summed E-state index contributed by atoms with van der Waals surface area (Å²) in [6, 6.07) is 12.9. The molecule has 5 heterocycles. The molecule has 1 spiro atoms. The van der Waals surface area contributed by atoms with Crippen LogP contribution in [0.2, 0.25) is 0 Å². The van der Waals surface area contributed by atoms with Gasteiger partial charge >= 0.3 is 6.03 Å². The van der Waals surface area contributed by atoms with Crippen LogP contribution in [-0.2, 0) is 5.41 Å². The smallest absolute Gasteiger partial charge is 0.324 e. The molecule has 218 valence electrons. The number of pyridine rings is 1. The second-order valence-electron chi connectivity index (χ2n) is 12.2. The third-order valence-corrected chi connectivity index (χ3v) is 8.79. The Kier molecular flexibility index (Phi) is 6.63. The number of imidazole rings is 1. The SMILES string of the molecule is CC(C)(C)c1cc(NC(=O)Nc2ccc(-c3cn4c(n3)sc3nc(OCCN5CCNC6(CC6)C5)ccc34)cc2)no1. The number of hydrogen-bond donors (Lipinski definition) is 3. The van der Waals surface area contributed by atoms with Gasteiger partial charge in [0.15, 0.2) is 10.8 Å². The highest BCUT2D eigenvalue weighted by Gasteiger charge is 2.45. The molecular weight excluding hydrogens is 552 g/mol. The number of piperazine rings is 1. The Hall–Kier alpha value is -4.00. The van der Waals surface area contributed by atoms with E-state index in [2.05, 4.69) is 30.4 Å². The van der Waals surface area contributed by atoms with E-state index in [4.69, 9.17) is 19.2 Å². The van der Waals surface area contributed by atoms with Crippen molar-refractivity contribution in [3.63, 3.8) is 0 Å². The minimum atomic E-state index is -0.392. The Bertz CT molecular complexity index is 1750. The molecule has 1 aliphatic heterocycles. The molecule has 0 unspecified atom stereocenters. The first-order chi connectivity index (χ1) is 20.2. The van der Waals surface area contributed by atoms with Crippen molar-refractivity contribution in [2.45, 2.75) is 44.6 Å². The molecule has 1 saturated carbocycles. The second kappa shape index (κ2) is 10.4. The van der Waals surface area contributed by atoms with E-state index in [0.717, 1.165) is 52.7 Å². The number of carbonyl (C=O) groups is 1. The van der Waals surface area contributed by atoms with E-state index in [-0.39, 0.29) is 5.41 Å². The van der Waals surface area contributed by atoms with Crippen LogP contribution in [0.5, 0.6) is 5.88 Å². The van der Waals surface area contributed by atoms with E-state index >= 15 is 0 Å². The van der Waals surface area contributed by atoms with Crippen molar-refractivity contribution in [2.24, 2.45) is 0 Å². The molecule has 0 atom stereocenters. The van der Waals surface area contributed by atoms with E-state index < -0.39 is 6.03 Å². The topological polar surface area (TPSA) is 122 Å². The number of carbonyl (C=O) groups excluding carboxylic acids is 1. The van der Waals surface area contributed by atoms with Gasteiger partial charge < -0.3 is 19.9 Å². The lowest BCUT2D eigenvalue weighted by Gasteiger charge is -2.33. The molecule has 2 fully saturated rings. The van der Waals surface area contributed by atoms with Gasteiger partial charge in [0.2, 0.25) is 5.88 Å². The summed E-state index contributed by atoms with van der Waals surface area (Å²) in [7, 11) is 0. The molecule has 5 aromatic rings. The first-order valence-corrected chi connectivity index (χ1v) is 15.1. The molecule has 1 saturated heterocycles. The maximum atomic E-state index is 12.4. The Morgan fingerprint density at radius 1 is 1.14 bits per heavy atom. The second-order valence-corrected chi connectivity index (χ2v) is 13.1. The molecule has 0 bridgehead atoms. The van der Waals surface area contributed by atoms with Crippen molar-refractivity contribution in [2.75, 3.05) is 43.4 Å². The fourth-order valence-corrected chi connectivity index (χ4v) is 6.25. The zero-order chi connectivity index (χ0) is 28.9. The van der Waals surface area contributed by atoms with Crippen LogP contribution in [0.4, 0.5) is 16.3 Å². The van der Waals surface area contributed by atoms with Crippen molar-refractivity contribution in [1.82, 2.24) is 29.7 Å². The number of benzene rings is 1. The monoisotopic (exact) mass is 586 g/mol. The fourth-order valence-electron chi connectivity index (χ4n) is 5.28. The van der Waals surface area contributed by atoms with Crippen LogP contribution in [0.25, 0.3) is 26.6 Å². The number of rotatable bonds is 7. The number of ether oxygens (including phenoxy) is 1. The van der Waals surface area contributed by atoms with Crippen LogP contribution >= 0.6 is 11.3 Å². The number of anilines is 2. The predicted octanol–water partition coefficient (Wildman–Crippen LogP) is 5.36. The summed E-state index contributed by atoms with van der Waals surface area (Å²) in [6.45, 7) is 10.8. The van der Waals surface area contributed by atoms with Gasteiger partial charge in [-0.2, -0.15) is 0 Å². The minimum absolute atomic E-state index is 0.189. The first-order valence-electron chi connectivity index (χ1n) is 14.3. The average Bonchev–Trinajstić information content (AvgIpc) is 3.29. The molecule has 2 aliphatic rings. The van der Waals surface area contributed by atoms with Gasteiger partial charge in [-0.3, -0.25) is 14.6 Å². The van der Waals surface area contributed by atoms with Crippen LogP contribution in [-0.4, -0.2) is 68.8 Å². The predicted molar refractivity (Wildman–Crippen MR) is 164 cm³/mol. The van der Waals surface area contributed by atoms with Crippen LogP contribution in [0, 0.1) is 0 Å². The highest BCUT2D eigenvalue weighted by atomic mass is 32.1. The van der Waals surface area contributed by atoms with E-state index in [1.165, 1.54) is 24.2 Å². The van der Waals surface area contributed by atoms with Gasteiger partial charge in [0.1, 0.15) is 17.2 Å². The van der Waals surface area contributed by atoms with Gasteiger partial charge in [-0.15, -0.1) is 0 Å². The summed E-state index contributed by atoms with van der Waals surface area (Å²) in [5, 5.41) is 13.1. The van der Waals surface area contributed by atoms with Crippen LogP contribution < -0.4 is 20.7 Å². The van der Waals surface area contributed by atoms with Crippen molar-refractivity contribution in [3.8, 4) is 17.1 Å². The number of hydrogen-bond acceptors (Lipinski definition) is 9. The van der Waals surface area contributed by atoms with Crippen LogP contribution in [0.15, 0.2) is 53.2 Å². The van der Waals surface area contributed by atoms with Crippen molar-refractivity contribution >= 4 is 44.2 Å². The molecule has 42 heavy (non-hydrogen) atoms. The van der Waals surface area contributed by atoms with E-state index in [0.29, 0.717) is 35.3 Å². The Morgan fingerprint density at radius 3 is 2.74 bits per heavy atom. The lowest BCUT2D eigenvalue weighted by atomic mass is 9.93. The number of fused-ring (bicyclic) bond motifs is 3. The number of urea groups is 1. The summed E-state index contributed by atoms with van der Waals surface area (Å²) in [5.74, 6) is 1.72. The molecule has 0 radical (unpaired) electrons. The molecule has 1 aliphatic carbocycles. The van der Waals surface area contributed by atoms with E-state index in [1.54, 1.807) is 6.07 Å². The Balaban J connectivity index is 0.968. The van der Waals surface area contributed by atoms with Gasteiger partial charge in [-0.25, -0.2) is 14.8 Å². The summed E-state index contributed by atoms with van der Waals surface area (Å²) >= 11 is 1.54. The zero-order valence-electron chi connectivity index (χ0n) is 23.9. The fraction of sp³-hybridized carbons (Fsp3) is 0.400. The average molecular weight is 587 g/mol. The summed E-state index contributed by atoms with van der Waals surface area (Å²) < 4.78 is 13.4. The molecule has 4 aromatic heterocycles. The zero-order valence-corrected chi connectivity index (χ0v) is 24.8. The van der Waals surface area contributed by atoms with Crippen LogP contribution in [0.1, 0.15) is 39.4 Å². The van der Waals surface area contributed by atoms with Gasteiger partial charge in [-0.05, 0) is 31.0 Å². The maximum absolute atomic E-state index is 12.4. The van der Waals surface area contributed by atoms with Crippen molar-refractivity contribution in [3.05, 3.63) is 54.4 Å². The quantitative estimate of drug-likeness (QED) is 0.233. The van der Waals surface area contributed by atoms with Gasteiger partial charge in [-0.1, -0.05) is 49.4 Å². The van der Waals surface area contributed by atoms with Gasteiger partial charge in [0, 0.05) is 66.7 Å². The summed E-state index contributed by atoms with van der Waals surface area (Å²) in [4.78, 5) is 26.3. The number of aromatic nitrogens is 4. The summed E-state index contributed by atoms with van der Waals surface area (Å²) in [6.07, 6.45) is 4.59. The lowest BCUT2D eigenvalue weighted by molar-refractivity contribution is 0.156. The van der Waals surface area contributed by atoms with Crippen LogP contribution in [0.3, 0.4) is 0 Å². The molecule has 2 amide bonds. The highest BCUT2D eigenvalue weighted by molar-refractivity contribution is 7.23. The normalized spacial score (nSPS) is 16.7. The molecule has 7 rings (SSSR count). The number of nitrogens with one attached hydrogen (secondary N) is 3. The number of thiazole rings is 1. The molecule has 11 nitrogen and oxygen atoms in total. The number of amides is 2. The highest BCUT2D eigenvalue weighted by Crippen LogP contribution is 2.37. The molecular formula is C30H34N8O3S. The maximum Gasteiger partial charge on any atom is 0.324 e. The van der Waals surface area contributed by atoms with E-state index in [1.807, 2.05) is 63.4 Å². The molecule has 12 heteroatoms. The minimum Gasteiger partial charge on any atom is -0.476 e. The number of nitrogens with zero attached hydrogens (tertiary/aromatic N) is 5. The van der Waals surface area contributed by atoms with Gasteiger partial charge in [0.05, 0.1) is 11.2 Å². The standard InChI is InChI=1S/C30H34N8O3S/c1-29(2,3)23-16-24(36-41-23)34-27(39)32-20-6-4-19(5-7-20)21-17-38-22-8-9-25(35-26(22)42-28(38)33-21)40-15-14-37-13-12-31-30(18-37)10-11-30/h4-9,16-17,31H,10-15,18H2,1-3H3,(H2,32,34,36,39). The third kappa shape index (κ3) is 5.57. The first kappa shape index (κ1) is 26.9. The summed E-state index contributed by atoms with van der Waals surface area (Å²) in [5.41, 5.74) is 3.64. The molecule has 1 aromatic carbocycles.